The molecule has 0 saturated heterocycles. The van der Waals surface area contributed by atoms with Crippen molar-refractivity contribution in [2.75, 3.05) is 24.8 Å². The molecule has 0 saturated carbocycles. The van der Waals surface area contributed by atoms with Gasteiger partial charge in [-0.25, -0.2) is 4.98 Å². The monoisotopic (exact) mass is 288 g/mol. The SMILES string of the molecule is CCOc1cc(NCc2ccc(OC)c(N)c2)nc(C)n1. The van der Waals surface area contributed by atoms with Crippen molar-refractivity contribution in [2.24, 2.45) is 0 Å². The van der Waals surface area contributed by atoms with Crippen LogP contribution in [0.3, 0.4) is 0 Å². The van der Waals surface area contributed by atoms with E-state index in [2.05, 4.69) is 15.3 Å². The highest BCUT2D eigenvalue weighted by atomic mass is 16.5. The highest BCUT2D eigenvalue weighted by Crippen LogP contribution is 2.22. The van der Waals surface area contributed by atoms with Gasteiger partial charge in [0.25, 0.3) is 0 Å². The van der Waals surface area contributed by atoms with Gasteiger partial charge in [0.1, 0.15) is 17.4 Å². The second-order valence-corrected chi connectivity index (χ2v) is 4.50. The summed E-state index contributed by atoms with van der Waals surface area (Å²) < 4.78 is 10.5. The van der Waals surface area contributed by atoms with E-state index < -0.39 is 0 Å². The molecule has 0 aliphatic heterocycles. The lowest BCUT2D eigenvalue weighted by atomic mass is 10.2. The minimum Gasteiger partial charge on any atom is -0.495 e. The number of nitrogens with zero attached hydrogens (tertiary/aromatic N) is 2. The zero-order valence-electron chi connectivity index (χ0n) is 12.5. The van der Waals surface area contributed by atoms with Gasteiger partial charge in [-0.05, 0) is 31.5 Å². The van der Waals surface area contributed by atoms with E-state index in [-0.39, 0.29) is 0 Å². The average molecular weight is 288 g/mol. The Morgan fingerprint density at radius 3 is 2.71 bits per heavy atom. The number of nitrogen functional groups attached to an aromatic ring is 1. The van der Waals surface area contributed by atoms with E-state index in [1.54, 1.807) is 13.2 Å². The van der Waals surface area contributed by atoms with Crippen LogP contribution in [0.2, 0.25) is 0 Å². The Morgan fingerprint density at radius 2 is 2.05 bits per heavy atom. The molecule has 0 fully saturated rings. The van der Waals surface area contributed by atoms with Gasteiger partial charge in [-0.1, -0.05) is 6.07 Å². The molecule has 0 unspecified atom stereocenters. The topological polar surface area (TPSA) is 82.3 Å². The summed E-state index contributed by atoms with van der Waals surface area (Å²) in [5.74, 6) is 2.63. The molecule has 0 aliphatic carbocycles. The lowest BCUT2D eigenvalue weighted by Gasteiger charge is -2.10. The molecule has 0 bridgehead atoms. The maximum absolute atomic E-state index is 5.89. The number of aromatic nitrogens is 2. The molecular formula is C15H20N4O2. The Balaban J connectivity index is 2.07. The fraction of sp³-hybridized carbons (Fsp3) is 0.333. The number of hydrogen-bond acceptors (Lipinski definition) is 6. The van der Waals surface area contributed by atoms with E-state index in [1.165, 1.54) is 0 Å². The van der Waals surface area contributed by atoms with Crippen LogP contribution in [-0.4, -0.2) is 23.7 Å². The van der Waals surface area contributed by atoms with Crippen molar-refractivity contribution in [1.29, 1.82) is 0 Å². The maximum atomic E-state index is 5.89. The van der Waals surface area contributed by atoms with Crippen LogP contribution in [0.5, 0.6) is 11.6 Å². The van der Waals surface area contributed by atoms with Crippen LogP contribution in [0.25, 0.3) is 0 Å². The van der Waals surface area contributed by atoms with Gasteiger partial charge in [-0.2, -0.15) is 4.98 Å². The minimum absolute atomic E-state index is 0.571. The normalized spacial score (nSPS) is 10.2. The summed E-state index contributed by atoms with van der Waals surface area (Å²) in [7, 11) is 1.60. The summed E-state index contributed by atoms with van der Waals surface area (Å²) in [5.41, 5.74) is 7.55. The van der Waals surface area contributed by atoms with Crippen LogP contribution in [-0.2, 0) is 6.54 Å². The van der Waals surface area contributed by atoms with Crippen molar-refractivity contribution in [3.05, 3.63) is 35.7 Å². The van der Waals surface area contributed by atoms with Crippen molar-refractivity contribution in [2.45, 2.75) is 20.4 Å². The van der Waals surface area contributed by atoms with Crippen molar-refractivity contribution >= 4 is 11.5 Å². The molecule has 1 aromatic carbocycles. The van der Waals surface area contributed by atoms with Gasteiger partial charge >= 0.3 is 0 Å². The number of anilines is 2. The molecule has 112 valence electrons. The molecule has 6 heteroatoms. The van der Waals surface area contributed by atoms with E-state index in [9.17, 15) is 0 Å². The zero-order chi connectivity index (χ0) is 15.2. The van der Waals surface area contributed by atoms with Crippen molar-refractivity contribution < 1.29 is 9.47 Å². The molecule has 1 heterocycles. The first kappa shape index (κ1) is 14.9. The maximum Gasteiger partial charge on any atom is 0.218 e. The van der Waals surface area contributed by atoms with Crippen LogP contribution < -0.4 is 20.5 Å². The van der Waals surface area contributed by atoms with Crippen LogP contribution >= 0.6 is 0 Å². The van der Waals surface area contributed by atoms with Gasteiger partial charge in [-0.15, -0.1) is 0 Å². The Morgan fingerprint density at radius 1 is 1.24 bits per heavy atom. The molecule has 3 N–H and O–H groups in total. The summed E-state index contributed by atoms with van der Waals surface area (Å²) in [6.07, 6.45) is 0. The van der Waals surface area contributed by atoms with E-state index in [0.29, 0.717) is 36.3 Å². The lowest BCUT2D eigenvalue weighted by Crippen LogP contribution is -2.05. The number of hydrogen-bond donors (Lipinski definition) is 2. The molecule has 0 spiro atoms. The molecule has 2 aromatic rings. The highest BCUT2D eigenvalue weighted by Gasteiger charge is 2.04. The third kappa shape index (κ3) is 3.98. The van der Waals surface area contributed by atoms with Crippen LogP contribution in [0, 0.1) is 6.92 Å². The van der Waals surface area contributed by atoms with Crippen LogP contribution in [0.4, 0.5) is 11.5 Å². The molecule has 0 aliphatic rings. The number of methoxy groups -OCH3 is 1. The molecule has 21 heavy (non-hydrogen) atoms. The lowest BCUT2D eigenvalue weighted by molar-refractivity contribution is 0.325. The van der Waals surface area contributed by atoms with E-state index in [4.69, 9.17) is 15.2 Å². The number of ether oxygens (including phenoxy) is 2. The van der Waals surface area contributed by atoms with Gasteiger partial charge in [0.05, 0.1) is 19.4 Å². The predicted octanol–water partition coefficient (Wildman–Crippen LogP) is 2.39. The van der Waals surface area contributed by atoms with Gasteiger partial charge in [-0.3, -0.25) is 0 Å². The zero-order valence-corrected chi connectivity index (χ0v) is 12.5. The molecule has 2 rings (SSSR count). The number of nitrogens with two attached hydrogens (primary N) is 1. The molecule has 1 aromatic heterocycles. The summed E-state index contributed by atoms with van der Waals surface area (Å²) in [6.45, 7) is 4.94. The number of aryl methyl sites for hydroxylation is 1. The van der Waals surface area contributed by atoms with Crippen molar-refractivity contribution in [3.8, 4) is 11.6 Å². The average Bonchev–Trinajstić information content (AvgIpc) is 2.45. The smallest absolute Gasteiger partial charge is 0.218 e. The van der Waals surface area contributed by atoms with Gasteiger partial charge in [0, 0.05) is 12.6 Å². The summed E-state index contributed by atoms with van der Waals surface area (Å²) in [4.78, 5) is 8.53. The second-order valence-electron chi connectivity index (χ2n) is 4.50. The molecular weight excluding hydrogens is 268 g/mol. The first-order valence-electron chi connectivity index (χ1n) is 6.77. The first-order chi connectivity index (χ1) is 10.1. The standard InChI is InChI=1S/C15H20N4O2/c1-4-21-15-8-14(18-10(2)19-15)17-9-11-5-6-13(20-3)12(16)7-11/h5-8H,4,9,16H2,1-3H3,(H,17,18,19). The largest absolute Gasteiger partial charge is 0.495 e. The van der Waals surface area contributed by atoms with Gasteiger partial charge in [0.2, 0.25) is 5.88 Å². The third-order valence-corrected chi connectivity index (χ3v) is 2.87. The number of rotatable bonds is 6. The third-order valence-electron chi connectivity index (χ3n) is 2.87. The molecule has 0 amide bonds. The first-order valence-corrected chi connectivity index (χ1v) is 6.77. The fourth-order valence-electron chi connectivity index (χ4n) is 1.94. The number of benzene rings is 1. The Labute approximate surface area is 124 Å². The summed E-state index contributed by atoms with van der Waals surface area (Å²) in [5, 5.41) is 3.24. The van der Waals surface area contributed by atoms with Crippen LogP contribution in [0.1, 0.15) is 18.3 Å². The van der Waals surface area contributed by atoms with E-state index in [0.717, 1.165) is 11.4 Å². The Kier molecular flexibility index (Phi) is 4.81. The van der Waals surface area contributed by atoms with Crippen molar-refractivity contribution in [1.82, 2.24) is 9.97 Å². The second kappa shape index (κ2) is 6.78. The van der Waals surface area contributed by atoms with Gasteiger partial charge in [0.15, 0.2) is 0 Å². The summed E-state index contributed by atoms with van der Waals surface area (Å²) in [6, 6.07) is 7.47. The number of nitrogens with one attached hydrogen (secondary N) is 1. The Bertz CT molecular complexity index is 617. The highest BCUT2D eigenvalue weighted by molar-refractivity contribution is 5.54. The predicted molar refractivity (Wildman–Crippen MR) is 82.7 cm³/mol. The Hall–Kier alpha value is -2.50. The fourth-order valence-corrected chi connectivity index (χ4v) is 1.94. The summed E-state index contributed by atoms with van der Waals surface area (Å²) >= 11 is 0. The quantitative estimate of drug-likeness (QED) is 0.794. The van der Waals surface area contributed by atoms with Gasteiger partial charge < -0.3 is 20.5 Å². The van der Waals surface area contributed by atoms with Crippen LogP contribution in [0.15, 0.2) is 24.3 Å². The van der Waals surface area contributed by atoms with E-state index >= 15 is 0 Å². The van der Waals surface area contributed by atoms with Crippen molar-refractivity contribution in [3.63, 3.8) is 0 Å². The minimum atomic E-state index is 0.571. The molecule has 0 atom stereocenters. The molecule has 6 nitrogen and oxygen atoms in total. The van der Waals surface area contributed by atoms with E-state index in [1.807, 2.05) is 32.0 Å². The molecule has 0 radical (unpaired) electrons.